The third-order valence-electron chi connectivity index (χ3n) is 2.23. The van der Waals surface area contributed by atoms with Crippen molar-refractivity contribution in [3.05, 3.63) is 34.0 Å². The summed E-state index contributed by atoms with van der Waals surface area (Å²) in [5.74, 6) is 2.30. The molecule has 1 aromatic rings. The molecule has 1 aliphatic heterocycles. The number of carbonyl (C=O) groups excluding carboxylic acids is 1. The third kappa shape index (κ3) is 6.36. The molecule has 0 saturated carbocycles. The van der Waals surface area contributed by atoms with E-state index in [0.717, 1.165) is 15.7 Å². The van der Waals surface area contributed by atoms with Gasteiger partial charge in [0.15, 0.2) is 5.78 Å². The van der Waals surface area contributed by atoms with Crippen molar-refractivity contribution < 1.29 is 29.0 Å². The SMILES string of the molecule is CC(=O)C(=C1SCCS1)C(O)c1ccco1.[Cl][Ti]([Cl])[Cl]. The van der Waals surface area contributed by atoms with Gasteiger partial charge in [-0.15, -0.1) is 23.5 Å². The van der Waals surface area contributed by atoms with Crippen LogP contribution in [0, 0.1) is 0 Å². The number of halogens is 3. The second-order valence-electron chi connectivity index (χ2n) is 3.59. The Morgan fingerprint density at radius 3 is 2.35 bits per heavy atom. The van der Waals surface area contributed by atoms with Gasteiger partial charge in [0.25, 0.3) is 0 Å². The predicted molar refractivity (Wildman–Crippen MR) is 83.8 cm³/mol. The van der Waals surface area contributed by atoms with Crippen LogP contribution in [0.4, 0.5) is 0 Å². The number of ketones is 1. The van der Waals surface area contributed by atoms with Gasteiger partial charge in [-0.2, -0.15) is 0 Å². The molecule has 9 heteroatoms. The minimum atomic E-state index is -1.92. The zero-order valence-electron chi connectivity index (χ0n) is 10.4. The summed E-state index contributed by atoms with van der Waals surface area (Å²) in [6.45, 7) is 1.48. The summed E-state index contributed by atoms with van der Waals surface area (Å²) in [6, 6.07) is 3.38. The number of Topliss-reactive ketones (excluding diaryl/α,β-unsaturated/α-hetero) is 1. The van der Waals surface area contributed by atoms with Crippen LogP contribution in [0.5, 0.6) is 0 Å². The molecule has 0 aliphatic carbocycles. The quantitative estimate of drug-likeness (QED) is 0.580. The average Bonchev–Trinajstić information content (AvgIpc) is 3.00. The fraction of sp³-hybridized carbons (Fsp3) is 0.364. The Morgan fingerprint density at radius 2 is 1.95 bits per heavy atom. The van der Waals surface area contributed by atoms with Gasteiger partial charge in [0.05, 0.1) is 11.8 Å². The molecule has 0 amide bonds. The Bertz CT molecular complexity index is 455. The molecule has 1 atom stereocenters. The molecule has 1 fully saturated rings. The Kier molecular flexibility index (Phi) is 9.35. The van der Waals surface area contributed by atoms with Crippen molar-refractivity contribution >= 4 is 57.2 Å². The summed E-state index contributed by atoms with van der Waals surface area (Å²) >= 11 is 1.33. The van der Waals surface area contributed by atoms with Gasteiger partial charge in [-0.3, -0.25) is 4.79 Å². The molecular formula is C11H12Cl3O3S2Ti. The zero-order valence-corrected chi connectivity index (χ0v) is 15.9. The van der Waals surface area contributed by atoms with E-state index in [2.05, 4.69) is 0 Å². The third-order valence-corrected chi connectivity index (χ3v) is 4.98. The number of hydrogen-bond donors (Lipinski definition) is 1. The van der Waals surface area contributed by atoms with Crippen molar-refractivity contribution in [1.82, 2.24) is 0 Å². The summed E-state index contributed by atoms with van der Waals surface area (Å²) in [5, 5.41) is 10.1. The molecule has 0 spiro atoms. The van der Waals surface area contributed by atoms with Gasteiger partial charge in [0, 0.05) is 15.7 Å². The van der Waals surface area contributed by atoms with Crippen LogP contribution in [0.1, 0.15) is 18.8 Å². The first kappa shape index (κ1) is 19.0. The van der Waals surface area contributed by atoms with Gasteiger partial charge in [0.2, 0.25) is 0 Å². The fourth-order valence-corrected chi connectivity index (χ4v) is 4.20. The first-order chi connectivity index (χ1) is 9.43. The number of hydrogen-bond acceptors (Lipinski definition) is 5. The minimum absolute atomic E-state index is 0.0965. The Hall–Kier alpha value is 0.934. The van der Waals surface area contributed by atoms with E-state index in [4.69, 9.17) is 32.3 Å². The van der Waals surface area contributed by atoms with Gasteiger partial charge in [-0.25, -0.2) is 0 Å². The molecule has 3 nitrogen and oxygen atoms in total. The van der Waals surface area contributed by atoms with E-state index in [9.17, 15) is 9.90 Å². The Balaban J connectivity index is 0.000000444. The van der Waals surface area contributed by atoms with E-state index in [1.54, 1.807) is 35.7 Å². The summed E-state index contributed by atoms with van der Waals surface area (Å²) in [5.41, 5.74) is 0.461. The van der Waals surface area contributed by atoms with Crippen LogP contribution >= 0.6 is 51.4 Å². The second kappa shape index (κ2) is 9.85. The van der Waals surface area contributed by atoms with Crippen molar-refractivity contribution in [1.29, 1.82) is 0 Å². The monoisotopic (exact) mass is 409 g/mol. The van der Waals surface area contributed by atoms with Crippen LogP contribution in [0.3, 0.4) is 0 Å². The van der Waals surface area contributed by atoms with Gasteiger partial charge in [-0.1, -0.05) is 0 Å². The molecule has 2 rings (SSSR count). The molecule has 0 bridgehead atoms. The van der Waals surface area contributed by atoms with Crippen molar-refractivity contribution in [3.8, 4) is 0 Å². The van der Waals surface area contributed by atoms with E-state index in [0.29, 0.717) is 11.3 Å². The van der Waals surface area contributed by atoms with Gasteiger partial charge in [0.1, 0.15) is 11.9 Å². The van der Waals surface area contributed by atoms with E-state index >= 15 is 0 Å². The molecule has 0 radical (unpaired) electrons. The molecule has 1 N–H and O–H groups in total. The number of aliphatic hydroxyl groups is 1. The molecule has 2 heterocycles. The maximum atomic E-state index is 11.6. The number of carbonyl (C=O) groups is 1. The summed E-state index contributed by atoms with van der Waals surface area (Å²) in [7, 11) is 14.9. The van der Waals surface area contributed by atoms with Crippen molar-refractivity contribution in [2.45, 2.75) is 13.0 Å². The van der Waals surface area contributed by atoms with E-state index < -0.39 is 20.8 Å². The van der Waals surface area contributed by atoms with Crippen LogP contribution in [-0.4, -0.2) is 22.4 Å². The first-order valence-electron chi connectivity index (χ1n) is 5.49. The molecule has 1 aromatic heterocycles. The zero-order chi connectivity index (χ0) is 15.1. The fourth-order valence-electron chi connectivity index (χ4n) is 1.50. The molecule has 1 saturated heterocycles. The van der Waals surface area contributed by atoms with Gasteiger partial charge < -0.3 is 9.52 Å². The first-order valence-corrected chi connectivity index (χ1v) is 13.9. The summed E-state index contributed by atoms with van der Waals surface area (Å²) in [4.78, 5) is 11.6. The average molecular weight is 411 g/mol. The van der Waals surface area contributed by atoms with Crippen molar-refractivity contribution in [2.75, 3.05) is 11.5 Å². The topological polar surface area (TPSA) is 50.4 Å². The standard InChI is InChI=1S/C11H12O3S2.3ClH.Ti/c1-7(12)9(11-15-5-6-16-11)10(13)8-3-2-4-14-8;;;;/h2-4,10,13H,5-6H2,1H3;3*1H;/q;;;;+3/p-3. The van der Waals surface area contributed by atoms with Crippen LogP contribution in [0.25, 0.3) is 0 Å². The van der Waals surface area contributed by atoms with Crippen LogP contribution in [-0.2, 0) is 19.5 Å². The molecule has 0 aromatic carbocycles. The number of furan rings is 1. The summed E-state index contributed by atoms with van der Waals surface area (Å²) in [6.07, 6.45) is 0.552. The number of aliphatic hydroxyl groups excluding tert-OH is 1. The Labute approximate surface area is 143 Å². The van der Waals surface area contributed by atoms with E-state index in [-0.39, 0.29) is 5.78 Å². The van der Waals surface area contributed by atoms with Gasteiger partial charge >= 0.3 is 42.6 Å². The van der Waals surface area contributed by atoms with Crippen molar-refractivity contribution in [2.24, 2.45) is 0 Å². The van der Waals surface area contributed by atoms with Crippen LogP contribution < -0.4 is 0 Å². The van der Waals surface area contributed by atoms with Gasteiger partial charge in [-0.05, 0) is 19.1 Å². The molecule has 20 heavy (non-hydrogen) atoms. The number of thioether (sulfide) groups is 2. The molecular weight excluding hydrogens is 398 g/mol. The molecule has 1 unspecified atom stereocenters. The van der Waals surface area contributed by atoms with Crippen LogP contribution in [0.15, 0.2) is 32.6 Å². The normalized spacial score (nSPS) is 15.3. The van der Waals surface area contributed by atoms with Crippen LogP contribution in [0.2, 0.25) is 0 Å². The maximum absolute atomic E-state index is 11.6. The Morgan fingerprint density at radius 1 is 1.40 bits per heavy atom. The second-order valence-corrected chi connectivity index (χ2v) is 13.8. The van der Waals surface area contributed by atoms with E-state index in [1.165, 1.54) is 13.2 Å². The summed E-state index contributed by atoms with van der Waals surface area (Å²) < 4.78 is 6.06. The molecule has 1 aliphatic rings. The number of rotatable bonds is 3. The van der Waals surface area contributed by atoms with Crippen molar-refractivity contribution in [3.63, 3.8) is 0 Å². The van der Waals surface area contributed by atoms with E-state index in [1.807, 2.05) is 0 Å². The predicted octanol–water partition coefficient (Wildman–Crippen LogP) is 4.66. The molecule has 111 valence electrons.